The van der Waals surface area contributed by atoms with Crippen LogP contribution in [-0.2, 0) is 4.79 Å². The highest BCUT2D eigenvalue weighted by atomic mass is 35.5. The van der Waals surface area contributed by atoms with Gasteiger partial charge in [-0.1, -0.05) is 18.5 Å². The summed E-state index contributed by atoms with van der Waals surface area (Å²) in [7, 11) is 0. The summed E-state index contributed by atoms with van der Waals surface area (Å²) in [6.45, 7) is 3.65. The number of nitrogens with zero attached hydrogens (tertiary/aromatic N) is 1. The molecule has 0 aliphatic heterocycles. The number of carboxylic acids is 1. The Kier molecular flexibility index (Phi) is 3.91. The molecule has 1 atom stereocenters. The third-order valence-electron chi connectivity index (χ3n) is 2.14. The minimum Gasteiger partial charge on any atom is -0.480 e. The van der Waals surface area contributed by atoms with Gasteiger partial charge < -0.3 is 10.4 Å². The fraction of sp³-hybridized carbons (Fsp3) is 0.400. The Morgan fingerprint density at radius 1 is 1.73 bits per heavy atom. The number of aliphatic carboxylic acids is 1. The summed E-state index contributed by atoms with van der Waals surface area (Å²) in [4.78, 5) is 14.7. The van der Waals surface area contributed by atoms with Crippen molar-refractivity contribution in [2.45, 2.75) is 26.3 Å². The normalized spacial score (nSPS) is 12.2. The van der Waals surface area contributed by atoms with Gasteiger partial charge in [0.15, 0.2) is 5.15 Å². The van der Waals surface area contributed by atoms with Gasteiger partial charge in [-0.3, -0.25) is 0 Å². The Balaban J connectivity index is 2.92. The van der Waals surface area contributed by atoms with Crippen LogP contribution in [0.4, 0.5) is 5.69 Å². The molecule has 0 fully saturated rings. The lowest BCUT2D eigenvalue weighted by Gasteiger charge is -2.16. The molecule has 0 aliphatic rings. The predicted octanol–water partition coefficient (Wildman–Crippen LogP) is 2.32. The molecule has 0 aliphatic carbocycles. The number of aromatic nitrogens is 1. The largest absolute Gasteiger partial charge is 0.480 e. The van der Waals surface area contributed by atoms with Crippen LogP contribution in [0.2, 0.25) is 5.15 Å². The molecule has 1 unspecified atom stereocenters. The molecule has 2 N–H and O–H groups in total. The van der Waals surface area contributed by atoms with Gasteiger partial charge in [0.05, 0.1) is 5.69 Å². The van der Waals surface area contributed by atoms with E-state index in [1.54, 1.807) is 19.2 Å². The lowest BCUT2D eigenvalue weighted by molar-refractivity contribution is -0.137. The number of hydrogen-bond acceptors (Lipinski definition) is 3. The van der Waals surface area contributed by atoms with E-state index in [0.717, 1.165) is 5.56 Å². The van der Waals surface area contributed by atoms with Gasteiger partial charge in [0.1, 0.15) is 6.04 Å². The van der Waals surface area contributed by atoms with E-state index in [0.29, 0.717) is 17.3 Å². The van der Waals surface area contributed by atoms with Crippen molar-refractivity contribution in [2.75, 3.05) is 5.32 Å². The van der Waals surface area contributed by atoms with Crippen LogP contribution in [-0.4, -0.2) is 22.1 Å². The molecule has 1 heterocycles. The van der Waals surface area contributed by atoms with Crippen molar-refractivity contribution in [1.82, 2.24) is 4.98 Å². The van der Waals surface area contributed by atoms with E-state index in [9.17, 15) is 4.79 Å². The van der Waals surface area contributed by atoms with Crippen LogP contribution in [0.15, 0.2) is 12.3 Å². The second-order valence-electron chi connectivity index (χ2n) is 3.24. The topological polar surface area (TPSA) is 62.2 Å². The summed E-state index contributed by atoms with van der Waals surface area (Å²) in [5.74, 6) is -0.892. The van der Waals surface area contributed by atoms with Gasteiger partial charge in [0.25, 0.3) is 0 Å². The van der Waals surface area contributed by atoms with Crippen LogP contribution < -0.4 is 5.32 Å². The zero-order valence-corrected chi connectivity index (χ0v) is 9.38. The van der Waals surface area contributed by atoms with Crippen molar-refractivity contribution >= 4 is 23.3 Å². The minimum atomic E-state index is -0.892. The SMILES string of the molecule is CCC(Nc1c(C)ccnc1Cl)C(=O)O. The summed E-state index contributed by atoms with van der Waals surface area (Å²) in [5, 5.41) is 12.1. The maximum atomic E-state index is 10.8. The first-order chi connectivity index (χ1) is 7.06. The first-order valence-corrected chi connectivity index (χ1v) is 5.04. The van der Waals surface area contributed by atoms with Crippen molar-refractivity contribution in [1.29, 1.82) is 0 Å². The molecule has 5 heteroatoms. The first kappa shape index (κ1) is 11.8. The van der Waals surface area contributed by atoms with Gasteiger partial charge in [-0.15, -0.1) is 0 Å². The molecule has 15 heavy (non-hydrogen) atoms. The van der Waals surface area contributed by atoms with E-state index < -0.39 is 12.0 Å². The molecule has 0 radical (unpaired) electrons. The molecule has 0 aromatic carbocycles. The molecular formula is C10H13ClN2O2. The highest BCUT2D eigenvalue weighted by molar-refractivity contribution is 6.32. The van der Waals surface area contributed by atoms with Gasteiger partial charge in [-0.25, -0.2) is 9.78 Å². The summed E-state index contributed by atoms with van der Waals surface area (Å²) >= 11 is 5.87. The summed E-state index contributed by atoms with van der Waals surface area (Å²) < 4.78 is 0. The molecule has 1 rings (SSSR count). The molecule has 0 amide bonds. The monoisotopic (exact) mass is 228 g/mol. The van der Waals surface area contributed by atoms with Gasteiger partial charge >= 0.3 is 5.97 Å². The molecule has 0 saturated heterocycles. The molecule has 82 valence electrons. The molecule has 0 saturated carbocycles. The summed E-state index contributed by atoms with van der Waals surface area (Å²) in [6, 6.07) is 1.15. The fourth-order valence-corrected chi connectivity index (χ4v) is 1.47. The van der Waals surface area contributed by atoms with Crippen LogP contribution in [0, 0.1) is 6.92 Å². The first-order valence-electron chi connectivity index (χ1n) is 4.66. The highest BCUT2D eigenvalue weighted by Gasteiger charge is 2.17. The van der Waals surface area contributed by atoms with Gasteiger partial charge in [-0.2, -0.15) is 0 Å². The van der Waals surface area contributed by atoms with E-state index in [2.05, 4.69) is 10.3 Å². The summed E-state index contributed by atoms with van der Waals surface area (Å²) in [5.41, 5.74) is 1.48. The third kappa shape index (κ3) is 2.83. The Morgan fingerprint density at radius 2 is 2.40 bits per heavy atom. The van der Waals surface area contributed by atoms with E-state index in [4.69, 9.17) is 16.7 Å². The molecular weight excluding hydrogens is 216 g/mol. The Labute approximate surface area is 93.3 Å². The maximum absolute atomic E-state index is 10.8. The number of anilines is 1. The van der Waals surface area contributed by atoms with Crippen molar-refractivity contribution in [3.05, 3.63) is 23.0 Å². The van der Waals surface area contributed by atoms with Gasteiger partial charge in [-0.05, 0) is 25.0 Å². The number of carboxylic acid groups (broad SMARTS) is 1. The van der Waals surface area contributed by atoms with E-state index in [1.807, 2.05) is 6.92 Å². The van der Waals surface area contributed by atoms with Crippen molar-refractivity contribution in [2.24, 2.45) is 0 Å². The second-order valence-corrected chi connectivity index (χ2v) is 3.60. The van der Waals surface area contributed by atoms with Crippen LogP contribution in [0.1, 0.15) is 18.9 Å². The van der Waals surface area contributed by atoms with E-state index in [1.165, 1.54) is 0 Å². The smallest absolute Gasteiger partial charge is 0.326 e. The standard InChI is InChI=1S/C10H13ClN2O2/c1-3-7(10(14)15)13-8-6(2)4-5-12-9(8)11/h4-5,7,13H,3H2,1-2H3,(H,14,15). The third-order valence-corrected chi connectivity index (χ3v) is 2.42. The van der Waals surface area contributed by atoms with Crippen LogP contribution in [0.25, 0.3) is 0 Å². The number of carbonyl (C=O) groups is 1. The minimum absolute atomic E-state index is 0.301. The second kappa shape index (κ2) is 4.98. The zero-order valence-electron chi connectivity index (χ0n) is 8.62. The Morgan fingerprint density at radius 3 is 2.87 bits per heavy atom. The lowest BCUT2D eigenvalue weighted by atomic mass is 10.2. The zero-order chi connectivity index (χ0) is 11.4. The van der Waals surface area contributed by atoms with Crippen molar-refractivity contribution in [3.63, 3.8) is 0 Å². The van der Waals surface area contributed by atoms with Gasteiger partial charge in [0, 0.05) is 6.20 Å². The molecule has 1 aromatic rings. The number of aryl methyl sites for hydroxylation is 1. The number of nitrogens with one attached hydrogen (secondary N) is 1. The number of hydrogen-bond donors (Lipinski definition) is 2. The van der Waals surface area contributed by atoms with Crippen LogP contribution in [0.3, 0.4) is 0 Å². The average Bonchev–Trinajstić information content (AvgIpc) is 2.17. The van der Waals surface area contributed by atoms with Crippen LogP contribution >= 0.6 is 11.6 Å². The van der Waals surface area contributed by atoms with Crippen molar-refractivity contribution < 1.29 is 9.90 Å². The van der Waals surface area contributed by atoms with Gasteiger partial charge in [0.2, 0.25) is 0 Å². The van der Waals surface area contributed by atoms with E-state index in [-0.39, 0.29) is 0 Å². The van der Waals surface area contributed by atoms with E-state index >= 15 is 0 Å². The Bertz CT molecular complexity index is 348. The Hall–Kier alpha value is -1.29. The molecule has 1 aromatic heterocycles. The highest BCUT2D eigenvalue weighted by Crippen LogP contribution is 2.23. The average molecular weight is 229 g/mol. The summed E-state index contributed by atoms with van der Waals surface area (Å²) in [6.07, 6.45) is 2.07. The van der Waals surface area contributed by atoms with Crippen molar-refractivity contribution in [3.8, 4) is 0 Å². The predicted molar refractivity (Wildman–Crippen MR) is 59.3 cm³/mol. The maximum Gasteiger partial charge on any atom is 0.326 e. The number of rotatable bonds is 4. The lowest BCUT2D eigenvalue weighted by Crippen LogP contribution is -2.28. The number of pyridine rings is 1. The quantitative estimate of drug-likeness (QED) is 0.777. The molecule has 0 spiro atoms. The fourth-order valence-electron chi connectivity index (χ4n) is 1.21. The van der Waals surface area contributed by atoms with Crippen LogP contribution in [0.5, 0.6) is 0 Å². The number of halogens is 1. The molecule has 0 bridgehead atoms. The molecule has 4 nitrogen and oxygen atoms in total.